The molecule has 0 bridgehead atoms. The van der Waals surface area contributed by atoms with Crippen LogP contribution in [0.4, 0.5) is 14.5 Å². The zero-order valence-electron chi connectivity index (χ0n) is 6.30. The van der Waals surface area contributed by atoms with Crippen molar-refractivity contribution in [1.82, 2.24) is 4.98 Å². The summed E-state index contributed by atoms with van der Waals surface area (Å²) in [5.41, 5.74) is 4.18. The lowest BCUT2D eigenvalue weighted by Gasteiger charge is -2.05. The van der Waals surface area contributed by atoms with E-state index in [1.54, 1.807) is 0 Å². The maximum absolute atomic E-state index is 12.2. The lowest BCUT2D eigenvalue weighted by Crippen LogP contribution is -2.02. The standard InChI is InChI=1S/C7H5ClF2N2O/c8-5-1-3(7(9)10)6(11)4(2-13)12-5/h1-2,7H,11H2. The van der Waals surface area contributed by atoms with Crippen molar-refractivity contribution in [3.8, 4) is 0 Å². The van der Waals surface area contributed by atoms with Crippen molar-refractivity contribution in [1.29, 1.82) is 0 Å². The average Bonchev–Trinajstić information content (AvgIpc) is 2.08. The lowest BCUT2D eigenvalue weighted by atomic mass is 10.2. The number of anilines is 1. The van der Waals surface area contributed by atoms with Gasteiger partial charge in [0.25, 0.3) is 6.43 Å². The third kappa shape index (κ3) is 1.92. The van der Waals surface area contributed by atoms with E-state index in [1.165, 1.54) is 0 Å². The van der Waals surface area contributed by atoms with E-state index < -0.39 is 12.0 Å². The number of alkyl halides is 2. The summed E-state index contributed by atoms with van der Waals surface area (Å²) < 4.78 is 24.5. The van der Waals surface area contributed by atoms with Crippen molar-refractivity contribution in [3.63, 3.8) is 0 Å². The van der Waals surface area contributed by atoms with Crippen LogP contribution < -0.4 is 5.73 Å². The second kappa shape index (κ2) is 3.66. The molecule has 0 aliphatic carbocycles. The number of carbonyl (C=O) groups excluding carboxylic acids is 1. The van der Waals surface area contributed by atoms with Crippen LogP contribution in [0.15, 0.2) is 6.07 Å². The number of nitrogen functional groups attached to an aromatic ring is 1. The Hall–Kier alpha value is -1.23. The quantitative estimate of drug-likeness (QED) is 0.595. The zero-order chi connectivity index (χ0) is 10.0. The molecule has 0 amide bonds. The molecule has 0 saturated carbocycles. The topological polar surface area (TPSA) is 56.0 Å². The molecule has 0 atom stereocenters. The van der Waals surface area contributed by atoms with Crippen molar-refractivity contribution in [2.45, 2.75) is 6.43 Å². The summed E-state index contributed by atoms with van der Waals surface area (Å²) >= 11 is 5.39. The Bertz CT molecular complexity index is 344. The number of halogens is 3. The highest BCUT2D eigenvalue weighted by Crippen LogP contribution is 2.28. The Labute approximate surface area is 77.5 Å². The molecule has 0 fully saturated rings. The minimum absolute atomic E-state index is 0.174. The van der Waals surface area contributed by atoms with Gasteiger partial charge < -0.3 is 5.73 Å². The Morgan fingerprint density at radius 3 is 2.69 bits per heavy atom. The molecular weight excluding hydrogens is 202 g/mol. The first-order chi connectivity index (χ1) is 6.06. The first kappa shape index (κ1) is 9.85. The summed E-state index contributed by atoms with van der Waals surface area (Å²) in [6.45, 7) is 0. The van der Waals surface area contributed by atoms with Gasteiger partial charge in [0.1, 0.15) is 10.8 Å². The second-order valence-electron chi connectivity index (χ2n) is 2.25. The van der Waals surface area contributed by atoms with Crippen LogP contribution in [0.5, 0.6) is 0 Å². The summed E-state index contributed by atoms with van der Waals surface area (Å²) in [6.07, 6.45) is -2.48. The van der Waals surface area contributed by atoms with Gasteiger partial charge in [0.2, 0.25) is 0 Å². The fourth-order valence-corrected chi connectivity index (χ4v) is 1.04. The molecule has 3 nitrogen and oxygen atoms in total. The van der Waals surface area contributed by atoms with Gasteiger partial charge in [-0.1, -0.05) is 11.6 Å². The molecule has 0 saturated heterocycles. The fraction of sp³-hybridized carbons (Fsp3) is 0.143. The number of aromatic nitrogens is 1. The molecule has 13 heavy (non-hydrogen) atoms. The highest BCUT2D eigenvalue weighted by atomic mass is 35.5. The number of hydrogen-bond donors (Lipinski definition) is 1. The minimum atomic E-state index is -2.76. The van der Waals surface area contributed by atoms with Crippen LogP contribution in [0.2, 0.25) is 5.15 Å². The SMILES string of the molecule is Nc1c(C(F)F)cc(Cl)nc1C=O. The van der Waals surface area contributed by atoms with Crippen molar-refractivity contribution < 1.29 is 13.6 Å². The second-order valence-corrected chi connectivity index (χ2v) is 2.64. The van der Waals surface area contributed by atoms with Gasteiger partial charge >= 0.3 is 0 Å². The first-order valence-corrected chi connectivity index (χ1v) is 3.63. The third-order valence-electron chi connectivity index (χ3n) is 1.44. The van der Waals surface area contributed by atoms with Gasteiger partial charge in [-0.3, -0.25) is 4.79 Å². The summed E-state index contributed by atoms with van der Waals surface area (Å²) in [5.74, 6) is 0. The van der Waals surface area contributed by atoms with E-state index >= 15 is 0 Å². The van der Waals surface area contributed by atoms with E-state index in [4.69, 9.17) is 17.3 Å². The highest BCUT2D eigenvalue weighted by Gasteiger charge is 2.16. The highest BCUT2D eigenvalue weighted by molar-refractivity contribution is 6.29. The molecule has 0 aromatic carbocycles. The third-order valence-corrected chi connectivity index (χ3v) is 1.63. The maximum atomic E-state index is 12.2. The molecule has 0 aliphatic heterocycles. The van der Waals surface area contributed by atoms with Crippen LogP contribution in [0.1, 0.15) is 22.5 Å². The maximum Gasteiger partial charge on any atom is 0.266 e. The van der Waals surface area contributed by atoms with Crippen LogP contribution in [-0.4, -0.2) is 11.3 Å². The van der Waals surface area contributed by atoms with Gasteiger partial charge in [-0.25, -0.2) is 13.8 Å². The summed E-state index contributed by atoms with van der Waals surface area (Å²) in [7, 11) is 0. The Morgan fingerprint density at radius 1 is 1.62 bits per heavy atom. The minimum Gasteiger partial charge on any atom is -0.396 e. The normalized spacial score (nSPS) is 10.5. The smallest absolute Gasteiger partial charge is 0.266 e. The predicted octanol–water partition coefficient (Wildman–Crippen LogP) is 2.07. The molecule has 1 heterocycles. The molecule has 1 rings (SSSR count). The number of nitrogens with zero attached hydrogens (tertiary/aromatic N) is 1. The number of aldehydes is 1. The number of rotatable bonds is 2. The van der Waals surface area contributed by atoms with Crippen molar-refractivity contribution in [2.24, 2.45) is 0 Å². The first-order valence-electron chi connectivity index (χ1n) is 3.25. The lowest BCUT2D eigenvalue weighted by molar-refractivity contribution is 0.111. The average molecular weight is 207 g/mol. The fourth-order valence-electron chi connectivity index (χ4n) is 0.832. The van der Waals surface area contributed by atoms with E-state index in [9.17, 15) is 13.6 Å². The van der Waals surface area contributed by atoms with Crippen LogP contribution in [0.25, 0.3) is 0 Å². The van der Waals surface area contributed by atoms with Crippen molar-refractivity contribution >= 4 is 23.6 Å². The molecule has 0 spiro atoms. The molecule has 1 aromatic heterocycles. The van der Waals surface area contributed by atoms with E-state index in [-0.39, 0.29) is 22.8 Å². The zero-order valence-corrected chi connectivity index (χ0v) is 7.05. The summed E-state index contributed by atoms with van der Waals surface area (Å²) in [4.78, 5) is 13.8. The van der Waals surface area contributed by atoms with Gasteiger partial charge in [0.05, 0.1) is 5.69 Å². The molecular formula is C7H5ClF2N2O. The molecule has 1 aromatic rings. The van der Waals surface area contributed by atoms with E-state index in [0.29, 0.717) is 0 Å². The molecule has 0 radical (unpaired) electrons. The number of pyridine rings is 1. The molecule has 2 N–H and O–H groups in total. The van der Waals surface area contributed by atoms with E-state index in [2.05, 4.69) is 4.98 Å². The van der Waals surface area contributed by atoms with E-state index in [1.807, 2.05) is 0 Å². The number of hydrogen-bond acceptors (Lipinski definition) is 3. The predicted molar refractivity (Wildman–Crippen MR) is 44.0 cm³/mol. The largest absolute Gasteiger partial charge is 0.396 e. The summed E-state index contributed by atoms with van der Waals surface area (Å²) in [5, 5.41) is -0.174. The van der Waals surface area contributed by atoms with Crippen LogP contribution in [0.3, 0.4) is 0 Å². The number of nitrogens with two attached hydrogens (primary N) is 1. The Balaban J connectivity index is 3.35. The van der Waals surface area contributed by atoms with Gasteiger partial charge in [0, 0.05) is 5.56 Å². The van der Waals surface area contributed by atoms with Crippen LogP contribution in [0, 0.1) is 0 Å². The molecule has 0 aliphatic rings. The van der Waals surface area contributed by atoms with Crippen LogP contribution >= 0.6 is 11.6 Å². The van der Waals surface area contributed by atoms with Crippen molar-refractivity contribution in [3.05, 3.63) is 22.5 Å². The Morgan fingerprint density at radius 2 is 2.23 bits per heavy atom. The molecule has 0 unspecified atom stereocenters. The van der Waals surface area contributed by atoms with Gasteiger partial charge in [-0.05, 0) is 6.07 Å². The summed E-state index contributed by atoms with van der Waals surface area (Å²) in [6, 6.07) is 0.939. The monoisotopic (exact) mass is 206 g/mol. The van der Waals surface area contributed by atoms with Gasteiger partial charge in [-0.2, -0.15) is 0 Å². The molecule has 6 heteroatoms. The number of carbonyl (C=O) groups is 1. The van der Waals surface area contributed by atoms with Gasteiger partial charge in [-0.15, -0.1) is 0 Å². The van der Waals surface area contributed by atoms with Crippen LogP contribution in [-0.2, 0) is 0 Å². The Kier molecular flexibility index (Phi) is 2.77. The molecule has 70 valence electrons. The van der Waals surface area contributed by atoms with E-state index in [0.717, 1.165) is 6.07 Å². The van der Waals surface area contributed by atoms with Crippen molar-refractivity contribution in [2.75, 3.05) is 5.73 Å². The van der Waals surface area contributed by atoms with Gasteiger partial charge in [0.15, 0.2) is 6.29 Å².